The van der Waals surface area contributed by atoms with Crippen molar-refractivity contribution in [2.75, 3.05) is 28.4 Å². The lowest BCUT2D eigenvalue weighted by atomic mass is 9.71. The molecule has 0 radical (unpaired) electrons. The minimum atomic E-state index is -0.440. The first kappa shape index (κ1) is 17.9. The third-order valence-electron chi connectivity index (χ3n) is 4.31. The molecule has 1 atom stereocenters. The molecule has 0 aromatic heterocycles. The smallest absolute Gasteiger partial charge is 0.161 e. The number of benzene rings is 1. The topological polar surface area (TPSA) is 60.7 Å². The Labute approximate surface area is 143 Å². The Hall–Kier alpha value is -2.45. The molecule has 0 amide bonds. The van der Waals surface area contributed by atoms with Gasteiger partial charge < -0.3 is 18.9 Å². The predicted octanol–water partition coefficient (Wildman–Crippen LogP) is 3.49. The van der Waals surface area contributed by atoms with E-state index in [2.05, 4.69) is 6.07 Å². The van der Waals surface area contributed by atoms with Gasteiger partial charge in [-0.05, 0) is 41.8 Å². The zero-order chi connectivity index (χ0) is 17.6. The molecule has 0 heterocycles. The number of ether oxygens (including phenoxy) is 4. The second-order valence-electron chi connectivity index (χ2n) is 5.64. The van der Waals surface area contributed by atoms with Crippen LogP contribution in [-0.2, 0) is 21.5 Å². The first-order valence-electron chi connectivity index (χ1n) is 7.68. The summed E-state index contributed by atoms with van der Waals surface area (Å²) in [6.45, 7) is 0.428. The van der Waals surface area contributed by atoms with Crippen LogP contribution < -0.4 is 9.47 Å². The molecule has 0 saturated heterocycles. The van der Waals surface area contributed by atoms with Gasteiger partial charge >= 0.3 is 0 Å². The predicted molar refractivity (Wildman–Crippen MR) is 91.0 cm³/mol. The van der Waals surface area contributed by atoms with E-state index in [1.54, 1.807) is 28.4 Å². The molecule has 1 aromatic carbocycles. The maximum absolute atomic E-state index is 9.39. The van der Waals surface area contributed by atoms with Crippen LogP contribution in [0.1, 0.15) is 24.0 Å². The van der Waals surface area contributed by atoms with Crippen molar-refractivity contribution in [1.29, 1.82) is 5.26 Å². The van der Waals surface area contributed by atoms with Gasteiger partial charge in [0.25, 0.3) is 0 Å². The molecule has 5 heteroatoms. The van der Waals surface area contributed by atoms with Crippen molar-refractivity contribution in [3.8, 4) is 17.6 Å². The SMILES string of the molecule is COCc1cc(OC)c(OC)cc1[C@]1(CC#N)C=CC(OC)=CC1. The normalized spacial score (nSPS) is 19.4. The Balaban J connectivity index is 2.60. The van der Waals surface area contributed by atoms with E-state index in [0.29, 0.717) is 30.9 Å². The monoisotopic (exact) mass is 329 g/mol. The molecule has 0 unspecified atom stereocenters. The highest BCUT2D eigenvalue weighted by Crippen LogP contribution is 2.43. The number of rotatable bonds is 7. The van der Waals surface area contributed by atoms with E-state index in [4.69, 9.17) is 18.9 Å². The molecule has 1 aliphatic carbocycles. The summed E-state index contributed by atoms with van der Waals surface area (Å²) in [4.78, 5) is 0. The fourth-order valence-corrected chi connectivity index (χ4v) is 3.04. The molecule has 0 spiro atoms. The summed E-state index contributed by atoms with van der Waals surface area (Å²) >= 11 is 0. The molecule has 0 saturated carbocycles. The quantitative estimate of drug-likeness (QED) is 0.766. The number of hydrogen-bond donors (Lipinski definition) is 0. The summed E-state index contributed by atoms with van der Waals surface area (Å²) in [7, 11) is 6.50. The highest BCUT2D eigenvalue weighted by atomic mass is 16.5. The highest BCUT2D eigenvalue weighted by molar-refractivity contribution is 5.53. The third kappa shape index (κ3) is 3.39. The zero-order valence-electron chi connectivity index (χ0n) is 14.6. The van der Waals surface area contributed by atoms with Crippen LogP contribution in [0, 0.1) is 11.3 Å². The first-order chi connectivity index (χ1) is 11.6. The van der Waals surface area contributed by atoms with Crippen molar-refractivity contribution < 1.29 is 18.9 Å². The zero-order valence-corrected chi connectivity index (χ0v) is 14.6. The molecule has 0 bridgehead atoms. The highest BCUT2D eigenvalue weighted by Gasteiger charge is 2.34. The number of nitriles is 1. The fourth-order valence-electron chi connectivity index (χ4n) is 3.04. The van der Waals surface area contributed by atoms with Gasteiger partial charge in [0.15, 0.2) is 11.5 Å². The van der Waals surface area contributed by atoms with Gasteiger partial charge in [-0.15, -0.1) is 0 Å². The van der Waals surface area contributed by atoms with Crippen molar-refractivity contribution in [3.63, 3.8) is 0 Å². The Morgan fingerprint density at radius 1 is 1.08 bits per heavy atom. The third-order valence-corrected chi connectivity index (χ3v) is 4.31. The number of methoxy groups -OCH3 is 4. The lowest BCUT2D eigenvalue weighted by Gasteiger charge is -2.33. The van der Waals surface area contributed by atoms with Gasteiger partial charge in [-0.25, -0.2) is 0 Å². The van der Waals surface area contributed by atoms with Crippen molar-refractivity contribution >= 4 is 0 Å². The van der Waals surface area contributed by atoms with E-state index in [9.17, 15) is 5.26 Å². The van der Waals surface area contributed by atoms with Gasteiger partial charge in [0.2, 0.25) is 0 Å². The molecule has 0 fully saturated rings. The van der Waals surface area contributed by atoms with Gasteiger partial charge in [-0.3, -0.25) is 0 Å². The molecule has 5 nitrogen and oxygen atoms in total. The molecule has 1 aromatic rings. The van der Waals surface area contributed by atoms with Crippen molar-refractivity contribution in [1.82, 2.24) is 0 Å². The van der Waals surface area contributed by atoms with Crippen molar-refractivity contribution in [2.45, 2.75) is 24.9 Å². The Bertz CT molecular complexity index is 687. The maximum atomic E-state index is 9.39. The molecule has 1 aliphatic rings. The van der Waals surface area contributed by atoms with Crippen LogP contribution in [0.2, 0.25) is 0 Å². The van der Waals surface area contributed by atoms with Crippen LogP contribution in [0.3, 0.4) is 0 Å². The average Bonchev–Trinajstić information content (AvgIpc) is 2.62. The van der Waals surface area contributed by atoms with Gasteiger partial charge in [0.05, 0.1) is 34.0 Å². The number of hydrogen-bond acceptors (Lipinski definition) is 5. The maximum Gasteiger partial charge on any atom is 0.161 e. The minimum absolute atomic E-state index is 0.350. The van der Waals surface area contributed by atoms with Crippen LogP contribution in [0.4, 0.5) is 0 Å². The second kappa shape index (κ2) is 7.89. The Morgan fingerprint density at radius 3 is 2.29 bits per heavy atom. The number of allylic oxidation sites excluding steroid dienone is 3. The molecule has 24 heavy (non-hydrogen) atoms. The van der Waals surface area contributed by atoms with Gasteiger partial charge in [0.1, 0.15) is 5.76 Å². The van der Waals surface area contributed by atoms with Gasteiger partial charge in [0, 0.05) is 18.9 Å². The van der Waals surface area contributed by atoms with E-state index in [1.807, 2.05) is 30.4 Å². The average molecular weight is 329 g/mol. The Morgan fingerprint density at radius 2 is 1.79 bits per heavy atom. The summed E-state index contributed by atoms with van der Waals surface area (Å²) in [6.07, 6.45) is 6.98. The van der Waals surface area contributed by atoms with Crippen molar-refractivity contribution in [2.24, 2.45) is 0 Å². The van der Waals surface area contributed by atoms with E-state index in [1.165, 1.54) is 0 Å². The molecule has 0 N–H and O–H groups in total. The summed E-state index contributed by atoms with van der Waals surface area (Å²) in [5.74, 6) is 2.09. The number of nitrogens with zero attached hydrogens (tertiary/aromatic N) is 1. The lowest BCUT2D eigenvalue weighted by molar-refractivity contribution is 0.182. The van der Waals surface area contributed by atoms with E-state index < -0.39 is 5.41 Å². The second-order valence-corrected chi connectivity index (χ2v) is 5.64. The van der Waals surface area contributed by atoms with Crippen LogP contribution in [0.25, 0.3) is 0 Å². The van der Waals surface area contributed by atoms with Crippen LogP contribution >= 0.6 is 0 Å². The van der Waals surface area contributed by atoms with E-state index >= 15 is 0 Å². The van der Waals surface area contributed by atoms with E-state index in [-0.39, 0.29) is 0 Å². The fraction of sp³-hybridized carbons (Fsp3) is 0.421. The summed E-state index contributed by atoms with van der Waals surface area (Å²) in [5, 5.41) is 9.39. The lowest BCUT2D eigenvalue weighted by Crippen LogP contribution is -2.26. The van der Waals surface area contributed by atoms with Crippen LogP contribution in [-0.4, -0.2) is 28.4 Å². The largest absolute Gasteiger partial charge is 0.497 e. The first-order valence-corrected chi connectivity index (χ1v) is 7.68. The summed E-state index contributed by atoms with van der Waals surface area (Å²) in [5.41, 5.74) is 1.54. The van der Waals surface area contributed by atoms with Crippen LogP contribution in [0.5, 0.6) is 11.5 Å². The van der Waals surface area contributed by atoms with E-state index in [0.717, 1.165) is 16.9 Å². The summed E-state index contributed by atoms with van der Waals surface area (Å²) < 4.78 is 21.5. The molecular formula is C19H23NO4. The molecular weight excluding hydrogens is 306 g/mol. The summed E-state index contributed by atoms with van der Waals surface area (Å²) in [6, 6.07) is 6.17. The molecule has 128 valence electrons. The molecule has 2 rings (SSSR count). The van der Waals surface area contributed by atoms with Crippen molar-refractivity contribution in [3.05, 3.63) is 47.2 Å². The van der Waals surface area contributed by atoms with Gasteiger partial charge in [-0.2, -0.15) is 5.26 Å². The molecule has 0 aliphatic heterocycles. The Kier molecular flexibility index (Phi) is 5.88. The standard InChI is InChI=1S/C19H23NO4/c1-21-13-14-11-17(23-3)18(24-4)12-16(14)19(9-10-20)7-5-15(22-2)6-8-19/h5-7,11-12H,8-9,13H2,1-4H3/t19-/m1/s1. The van der Waals surface area contributed by atoms with Gasteiger partial charge in [-0.1, -0.05) is 6.08 Å². The van der Waals surface area contributed by atoms with Crippen LogP contribution in [0.15, 0.2) is 36.1 Å². The minimum Gasteiger partial charge on any atom is -0.497 e.